The van der Waals surface area contributed by atoms with Gasteiger partial charge in [-0.15, -0.1) is 0 Å². The first-order valence-electron chi connectivity index (χ1n) is 10.5. The quantitative estimate of drug-likeness (QED) is 0.572. The van der Waals surface area contributed by atoms with Crippen LogP contribution in [0.4, 0.5) is 0 Å². The largest absolute Gasteiger partial charge is 0.454 e. The second-order valence-corrected chi connectivity index (χ2v) is 9.05. The van der Waals surface area contributed by atoms with Crippen molar-refractivity contribution >= 4 is 45.7 Å². The molecule has 3 aromatic rings. The number of ether oxygens (including phenoxy) is 2. The van der Waals surface area contributed by atoms with Crippen molar-refractivity contribution in [1.82, 2.24) is 9.47 Å². The van der Waals surface area contributed by atoms with Crippen LogP contribution < -0.4 is 9.47 Å². The molecule has 0 saturated carbocycles. The zero-order chi connectivity index (χ0) is 22.7. The molecule has 33 heavy (non-hydrogen) atoms. The summed E-state index contributed by atoms with van der Waals surface area (Å²) in [5.41, 5.74) is 5.52. The van der Waals surface area contributed by atoms with E-state index in [2.05, 4.69) is 34.7 Å². The molecule has 0 fully saturated rings. The summed E-state index contributed by atoms with van der Waals surface area (Å²) >= 11 is 1.35. The second kappa shape index (κ2) is 7.38. The van der Waals surface area contributed by atoms with Crippen LogP contribution in [0.25, 0.3) is 17.0 Å². The lowest BCUT2D eigenvalue weighted by Crippen LogP contribution is -2.35. The topological polar surface area (TPSA) is 79.9 Å². The van der Waals surface area contributed by atoms with E-state index < -0.39 is 0 Å². The second-order valence-electron chi connectivity index (χ2n) is 8.17. The van der Waals surface area contributed by atoms with Gasteiger partial charge in [0.15, 0.2) is 16.7 Å². The van der Waals surface area contributed by atoms with E-state index in [1.807, 2.05) is 36.6 Å². The first-order chi connectivity index (χ1) is 16.0. The molecule has 7 nitrogen and oxygen atoms in total. The summed E-state index contributed by atoms with van der Waals surface area (Å²) in [6, 6.07) is 12.3. The van der Waals surface area contributed by atoms with Crippen molar-refractivity contribution in [2.75, 3.05) is 6.79 Å². The summed E-state index contributed by atoms with van der Waals surface area (Å²) in [4.78, 5) is 18.6. The molecule has 0 atom stereocenters. The Labute approximate surface area is 194 Å². The molecule has 8 heteroatoms. The molecule has 1 amide bonds. The standard InChI is InChI=1S/C25H20N4O3S/c1-14-3-5-20-18(9-14)17(11-19-23(26)28-7-8-33-25(28)27-24(19)30)15(2)29(20)12-16-4-6-21-22(10-16)32-13-31-21/h3-11,26H,12-13H2,1-2H3/b19-11-,26-23?. The van der Waals surface area contributed by atoms with E-state index in [0.29, 0.717) is 11.7 Å². The number of aromatic nitrogens is 1. The Morgan fingerprint density at radius 1 is 1.15 bits per heavy atom. The molecule has 0 aliphatic carbocycles. The molecule has 3 aliphatic rings. The van der Waals surface area contributed by atoms with Crippen LogP contribution in [0.15, 0.2) is 58.6 Å². The zero-order valence-electron chi connectivity index (χ0n) is 18.1. The SMILES string of the molecule is Cc1ccc2c(c1)c(/C=C1/C(=N)N3C=CSC3=NC1=O)c(C)n2Cc1ccc2c(c1)OCO2. The Balaban J connectivity index is 1.48. The van der Waals surface area contributed by atoms with E-state index in [9.17, 15) is 4.79 Å². The molecule has 0 bridgehead atoms. The predicted molar refractivity (Wildman–Crippen MR) is 130 cm³/mol. The Morgan fingerprint density at radius 3 is 2.88 bits per heavy atom. The van der Waals surface area contributed by atoms with Crippen LogP contribution in [0.1, 0.15) is 22.4 Å². The smallest absolute Gasteiger partial charge is 0.283 e. The van der Waals surface area contributed by atoms with E-state index in [0.717, 1.165) is 44.8 Å². The van der Waals surface area contributed by atoms with Gasteiger partial charge in [-0.25, -0.2) is 0 Å². The number of aryl methyl sites for hydroxylation is 1. The minimum Gasteiger partial charge on any atom is -0.454 e. The number of aliphatic imine (C=N–C) groups is 1. The average molecular weight is 457 g/mol. The van der Waals surface area contributed by atoms with Crippen molar-refractivity contribution in [1.29, 1.82) is 5.41 Å². The number of thioether (sulfide) groups is 1. The predicted octanol–water partition coefficient (Wildman–Crippen LogP) is 4.81. The van der Waals surface area contributed by atoms with Gasteiger partial charge in [0.05, 0.1) is 5.57 Å². The van der Waals surface area contributed by atoms with Crippen LogP contribution in [-0.4, -0.2) is 33.2 Å². The van der Waals surface area contributed by atoms with Crippen molar-refractivity contribution in [3.63, 3.8) is 0 Å². The fourth-order valence-electron chi connectivity index (χ4n) is 4.41. The van der Waals surface area contributed by atoms with Gasteiger partial charge in [0, 0.05) is 34.9 Å². The van der Waals surface area contributed by atoms with E-state index in [-0.39, 0.29) is 24.1 Å². The molecule has 0 saturated heterocycles. The molecule has 1 N–H and O–H groups in total. The Hall–Kier alpha value is -3.78. The Bertz CT molecular complexity index is 1460. The van der Waals surface area contributed by atoms with E-state index in [1.54, 1.807) is 11.1 Å². The number of nitrogens with zero attached hydrogens (tertiary/aromatic N) is 3. The lowest BCUT2D eigenvalue weighted by molar-refractivity contribution is -0.114. The van der Waals surface area contributed by atoms with Crippen molar-refractivity contribution in [3.8, 4) is 11.5 Å². The summed E-state index contributed by atoms with van der Waals surface area (Å²) < 4.78 is 13.2. The maximum Gasteiger partial charge on any atom is 0.283 e. The third-order valence-corrected chi connectivity index (χ3v) is 6.86. The molecule has 2 aromatic carbocycles. The maximum absolute atomic E-state index is 12.8. The monoisotopic (exact) mass is 456 g/mol. The number of carbonyl (C=O) groups excluding carboxylic acids is 1. The first kappa shape index (κ1) is 19.9. The minimum atomic E-state index is -0.383. The van der Waals surface area contributed by atoms with Crippen molar-refractivity contribution < 1.29 is 14.3 Å². The number of benzene rings is 2. The van der Waals surface area contributed by atoms with E-state index >= 15 is 0 Å². The van der Waals surface area contributed by atoms with Crippen LogP contribution in [0.2, 0.25) is 0 Å². The Morgan fingerprint density at radius 2 is 2.00 bits per heavy atom. The molecule has 3 aliphatic heterocycles. The maximum atomic E-state index is 12.8. The number of rotatable bonds is 3. The zero-order valence-corrected chi connectivity index (χ0v) is 18.9. The number of hydrogen-bond acceptors (Lipinski definition) is 5. The summed E-state index contributed by atoms with van der Waals surface area (Å²) in [6.45, 7) is 4.99. The molecule has 6 rings (SSSR count). The van der Waals surface area contributed by atoms with Crippen LogP contribution in [0, 0.1) is 19.3 Å². The highest BCUT2D eigenvalue weighted by Crippen LogP contribution is 2.35. The first-order valence-corrected chi connectivity index (χ1v) is 11.4. The Kier molecular flexibility index (Phi) is 4.45. The number of fused-ring (bicyclic) bond motifs is 3. The van der Waals surface area contributed by atoms with Gasteiger partial charge in [-0.05, 0) is 55.2 Å². The molecule has 0 radical (unpaired) electrons. The number of amidine groups is 2. The minimum absolute atomic E-state index is 0.148. The highest BCUT2D eigenvalue weighted by Gasteiger charge is 2.31. The van der Waals surface area contributed by atoms with Gasteiger partial charge in [0.2, 0.25) is 6.79 Å². The summed E-state index contributed by atoms with van der Waals surface area (Å²) in [5.74, 6) is 1.28. The summed E-state index contributed by atoms with van der Waals surface area (Å²) in [6.07, 6.45) is 3.58. The summed E-state index contributed by atoms with van der Waals surface area (Å²) in [5, 5.41) is 12.0. The third kappa shape index (κ3) is 3.17. The fourth-order valence-corrected chi connectivity index (χ4v) is 5.11. The lowest BCUT2D eigenvalue weighted by Gasteiger charge is -2.22. The molecule has 4 heterocycles. The van der Waals surface area contributed by atoms with Crippen LogP contribution in [0.5, 0.6) is 11.5 Å². The van der Waals surface area contributed by atoms with Gasteiger partial charge < -0.3 is 14.0 Å². The normalized spacial score (nSPS) is 17.9. The highest BCUT2D eigenvalue weighted by molar-refractivity contribution is 8.16. The van der Waals surface area contributed by atoms with Gasteiger partial charge in [0.1, 0.15) is 5.84 Å². The molecule has 0 spiro atoms. The summed E-state index contributed by atoms with van der Waals surface area (Å²) in [7, 11) is 0. The molecule has 164 valence electrons. The highest BCUT2D eigenvalue weighted by atomic mass is 32.2. The van der Waals surface area contributed by atoms with Crippen LogP contribution in [0.3, 0.4) is 0 Å². The molecule has 0 unspecified atom stereocenters. The van der Waals surface area contributed by atoms with Gasteiger partial charge in [0.25, 0.3) is 5.91 Å². The van der Waals surface area contributed by atoms with Gasteiger partial charge in [-0.1, -0.05) is 29.5 Å². The third-order valence-electron chi connectivity index (χ3n) is 6.11. The van der Waals surface area contributed by atoms with Gasteiger partial charge in [-0.3, -0.25) is 15.1 Å². The van der Waals surface area contributed by atoms with Crippen LogP contribution in [-0.2, 0) is 11.3 Å². The number of nitrogens with one attached hydrogen (secondary N) is 1. The van der Waals surface area contributed by atoms with Crippen molar-refractivity contribution in [3.05, 3.63) is 76.0 Å². The molecular formula is C25H20N4O3S. The number of carbonyl (C=O) groups is 1. The van der Waals surface area contributed by atoms with Gasteiger partial charge >= 0.3 is 0 Å². The fraction of sp³-hybridized carbons (Fsp3) is 0.160. The molecule has 1 aromatic heterocycles. The average Bonchev–Trinajstić information content (AvgIpc) is 3.51. The van der Waals surface area contributed by atoms with Crippen molar-refractivity contribution in [2.45, 2.75) is 20.4 Å². The van der Waals surface area contributed by atoms with Crippen LogP contribution >= 0.6 is 11.8 Å². The molecular weight excluding hydrogens is 436 g/mol. The number of amides is 1. The van der Waals surface area contributed by atoms with Gasteiger partial charge in [-0.2, -0.15) is 4.99 Å². The lowest BCUT2D eigenvalue weighted by atomic mass is 10.0. The van der Waals surface area contributed by atoms with E-state index in [4.69, 9.17) is 14.9 Å². The van der Waals surface area contributed by atoms with Crippen molar-refractivity contribution in [2.24, 2.45) is 4.99 Å². The van der Waals surface area contributed by atoms with E-state index in [1.165, 1.54) is 11.8 Å². The number of hydrogen-bond donors (Lipinski definition) is 1.